The van der Waals surface area contributed by atoms with E-state index in [1.165, 1.54) is 0 Å². The highest BCUT2D eigenvalue weighted by molar-refractivity contribution is 5.24. The van der Waals surface area contributed by atoms with Crippen molar-refractivity contribution in [2.45, 2.75) is 26.2 Å². The van der Waals surface area contributed by atoms with Gasteiger partial charge >= 0.3 is 0 Å². The molecule has 0 aromatic carbocycles. The summed E-state index contributed by atoms with van der Waals surface area (Å²) in [5, 5.41) is 0. The number of aromatic nitrogens is 2. The molecule has 0 spiro atoms. The summed E-state index contributed by atoms with van der Waals surface area (Å²) in [6, 6.07) is 0. The van der Waals surface area contributed by atoms with Crippen LogP contribution in [0.15, 0.2) is 42.4 Å². The predicted molar refractivity (Wildman–Crippen MR) is 59.0 cm³/mol. The molecule has 0 saturated carbocycles. The number of nitrogens with one attached hydrogen (secondary N) is 1. The Hall–Kier alpha value is -1.53. The second-order valence-electron chi connectivity index (χ2n) is 3.33. The van der Waals surface area contributed by atoms with Crippen LogP contribution in [0.4, 0.5) is 0 Å². The van der Waals surface area contributed by atoms with Crippen LogP contribution < -0.4 is 0 Å². The SMILES string of the molecule is C=C=C(CCCc1ncc[nH]1)C(=C)C. The Balaban J connectivity index is 2.35. The average molecular weight is 188 g/mol. The maximum atomic E-state index is 4.16. The van der Waals surface area contributed by atoms with Crippen LogP contribution in [0.5, 0.6) is 0 Å². The lowest BCUT2D eigenvalue weighted by atomic mass is 10.0. The van der Waals surface area contributed by atoms with Gasteiger partial charge in [-0.1, -0.05) is 13.2 Å². The molecule has 0 aliphatic heterocycles. The first-order valence-corrected chi connectivity index (χ1v) is 4.77. The topological polar surface area (TPSA) is 28.7 Å². The van der Waals surface area contributed by atoms with Crippen molar-refractivity contribution in [3.8, 4) is 0 Å². The zero-order valence-corrected chi connectivity index (χ0v) is 8.64. The van der Waals surface area contributed by atoms with Crippen LogP contribution in [0.3, 0.4) is 0 Å². The zero-order valence-electron chi connectivity index (χ0n) is 8.64. The molecule has 0 atom stereocenters. The molecule has 14 heavy (non-hydrogen) atoms. The first-order chi connectivity index (χ1) is 6.74. The zero-order chi connectivity index (χ0) is 10.4. The molecule has 74 valence electrons. The van der Waals surface area contributed by atoms with Crippen molar-refractivity contribution in [1.82, 2.24) is 9.97 Å². The highest BCUT2D eigenvalue weighted by atomic mass is 14.9. The Morgan fingerprint density at radius 3 is 2.93 bits per heavy atom. The van der Waals surface area contributed by atoms with Crippen molar-refractivity contribution in [3.63, 3.8) is 0 Å². The van der Waals surface area contributed by atoms with Gasteiger partial charge in [-0.15, -0.1) is 5.73 Å². The molecule has 0 amide bonds. The fourth-order valence-corrected chi connectivity index (χ4v) is 1.32. The van der Waals surface area contributed by atoms with Gasteiger partial charge in [-0.05, 0) is 30.9 Å². The standard InChI is InChI=1S/C12H16N2/c1-4-11(10(2)3)6-5-7-12-13-8-9-14-12/h8-9H,1-2,5-7H2,3H3,(H,13,14). The van der Waals surface area contributed by atoms with E-state index in [9.17, 15) is 0 Å². The fraction of sp³-hybridized carbons (Fsp3) is 0.333. The maximum absolute atomic E-state index is 4.16. The van der Waals surface area contributed by atoms with Gasteiger partial charge in [0.2, 0.25) is 0 Å². The Morgan fingerprint density at radius 1 is 1.64 bits per heavy atom. The first kappa shape index (κ1) is 10.6. The minimum atomic E-state index is 0.964. The summed E-state index contributed by atoms with van der Waals surface area (Å²) in [6.07, 6.45) is 6.61. The van der Waals surface area contributed by atoms with Crippen LogP contribution in [-0.2, 0) is 6.42 Å². The van der Waals surface area contributed by atoms with Gasteiger partial charge in [-0.3, -0.25) is 0 Å². The van der Waals surface area contributed by atoms with Crippen LogP contribution in [0.1, 0.15) is 25.6 Å². The molecule has 0 aliphatic rings. The van der Waals surface area contributed by atoms with Crippen molar-refractivity contribution >= 4 is 0 Å². The summed E-state index contributed by atoms with van der Waals surface area (Å²) in [5.41, 5.74) is 5.09. The lowest BCUT2D eigenvalue weighted by Crippen LogP contribution is -1.90. The van der Waals surface area contributed by atoms with E-state index in [0.29, 0.717) is 0 Å². The molecular weight excluding hydrogens is 172 g/mol. The Labute approximate surface area is 85.1 Å². The molecule has 2 heteroatoms. The number of hydrogen-bond donors (Lipinski definition) is 1. The van der Waals surface area contributed by atoms with Gasteiger partial charge in [0.1, 0.15) is 5.82 Å². The molecule has 0 bridgehead atoms. The number of allylic oxidation sites excluding steroid dienone is 2. The molecule has 0 saturated heterocycles. The van der Waals surface area contributed by atoms with Gasteiger partial charge in [0.25, 0.3) is 0 Å². The highest BCUT2D eigenvalue weighted by Crippen LogP contribution is 2.13. The van der Waals surface area contributed by atoms with Gasteiger partial charge < -0.3 is 4.98 Å². The third kappa shape index (κ3) is 3.08. The molecule has 1 rings (SSSR count). The maximum Gasteiger partial charge on any atom is 0.106 e. The van der Waals surface area contributed by atoms with Crippen molar-refractivity contribution in [2.24, 2.45) is 0 Å². The molecule has 0 fully saturated rings. The second kappa shape index (κ2) is 5.25. The van der Waals surface area contributed by atoms with E-state index >= 15 is 0 Å². The van der Waals surface area contributed by atoms with Crippen molar-refractivity contribution in [3.05, 3.63) is 48.3 Å². The van der Waals surface area contributed by atoms with Crippen LogP contribution >= 0.6 is 0 Å². The minimum absolute atomic E-state index is 0.964. The summed E-state index contributed by atoms with van der Waals surface area (Å²) in [7, 11) is 0. The highest BCUT2D eigenvalue weighted by Gasteiger charge is 1.99. The van der Waals surface area contributed by atoms with E-state index < -0.39 is 0 Å². The van der Waals surface area contributed by atoms with E-state index in [0.717, 1.165) is 36.2 Å². The van der Waals surface area contributed by atoms with Crippen LogP contribution in [-0.4, -0.2) is 9.97 Å². The number of H-pyrrole nitrogens is 1. The van der Waals surface area contributed by atoms with Gasteiger partial charge in [0, 0.05) is 18.8 Å². The molecule has 1 aromatic heterocycles. The average Bonchev–Trinajstić information content (AvgIpc) is 2.64. The second-order valence-corrected chi connectivity index (χ2v) is 3.33. The lowest BCUT2D eigenvalue weighted by Gasteiger charge is -2.02. The predicted octanol–water partition coefficient (Wildman–Crippen LogP) is 3.02. The molecule has 0 aliphatic carbocycles. The summed E-state index contributed by atoms with van der Waals surface area (Å²) in [5.74, 6) is 1.04. The molecule has 0 radical (unpaired) electrons. The number of aromatic amines is 1. The Morgan fingerprint density at radius 2 is 2.43 bits per heavy atom. The smallest absolute Gasteiger partial charge is 0.106 e. The summed E-state index contributed by atoms with van der Waals surface area (Å²) < 4.78 is 0. The molecule has 1 heterocycles. The summed E-state index contributed by atoms with van der Waals surface area (Å²) in [4.78, 5) is 7.24. The number of imidazole rings is 1. The van der Waals surface area contributed by atoms with Crippen molar-refractivity contribution in [1.29, 1.82) is 0 Å². The summed E-state index contributed by atoms with van der Waals surface area (Å²) >= 11 is 0. The van der Waals surface area contributed by atoms with E-state index in [4.69, 9.17) is 0 Å². The van der Waals surface area contributed by atoms with E-state index in [1.54, 1.807) is 6.20 Å². The molecule has 1 aromatic rings. The van der Waals surface area contributed by atoms with Crippen LogP contribution in [0, 0.1) is 0 Å². The third-order valence-electron chi connectivity index (χ3n) is 2.12. The minimum Gasteiger partial charge on any atom is -0.349 e. The molecule has 1 N–H and O–H groups in total. The number of aryl methyl sites for hydroxylation is 1. The van der Waals surface area contributed by atoms with Crippen LogP contribution in [0.25, 0.3) is 0 Å². The van der Waals surface area contributed by atoms with E-state index in [1.807, 2.05) is 13.1 Å². The van der Waals surface area contributed by atoms with Crippen molar-refractivity contribution in [2.75, 3.05) is 0 Å². The largest absolute Gasteiger partial charge is 0.349 e. The third-order valence-corrected chi connectivity index (χ3v) is 2.12. The summed E-state index contributed by atoms with van der Waals surface area (Å²) in [6.45, 7) is 9.52. The van der Waals surface area contributed by atoms with Gasteiger partial charge in [0.15, 0.2) is 0 Å². The quantitative estimate of drug-likeness (QED) is 0.558. The van der Waals surface area contributed by atoms with Gasteiger partial charge in [-0.2, -0.15) is 0 Å². The Bertz CT molecular complexity index is 340. The first-order valence-electron chi connectivity index (χ1n) is 4.77. The lowest BCUT2D eigenvalue weighted by molar-refractivity contribution is 0.781. The molecule has 2 nitrogen and oxygen atoms in total. The monoisotopic (exact) mass is 188 g/mol. The number of rotatable bonds is 5. The van der Waals surface area contributed by atoms with Gasteiger partial charge in [0.05, 0.1) is 0 Å². The van der Waals surface area contributed by atoms with Crippen LogP contribution in [0.2, 0.25) is 0 Å². The fourth-order valence-electron chi connectivity index (χ4n) is 1.32. The molecule has 0 unspecified atom stereocenters. The Kier molecular flexibility index (Phi) is 3.96. The number of hydrogen-bond acceptors (Lipinski definition) is 1. The number of nitrogens with zero attached hydrogens (tertiary/aromatic N) is 1. The van der Waals surface area contributed by atoms with E-state index in [-0.39, 0.29) is 0 Å². The van der Waals surface area contributed by atoms with Crippen molar-refractivity contribution < 1.29 is 0 Å². The van der Waals surface area contributed by atoms with Gasteiger partial charge in [-0.25, -0.2) is 4.98 Å². The molecular formula is C12H16N2. The van der Waals surface area contributed by atoms with E-state index in [2.05, 4.69) is 28.9 Å². The normalized spacial score (nSPS) is 9.50.